The van der Waals surface area contributed by atoms with E-state index in [1.165, 1.54) is 12.1 Å². The summed E-state index contributed by atoms with van der Waals surface area (Å²) < 4.78 is 28.5. The highest BCUT2D eigenvalue weighted by molar-refractivity contribution is 5.89. The molecule has 1 aliphatic rings. The van der Waals surface area contributed by atoms with E-state index in [-0.39, 0.29) is 0 Å². The van der Waals surface area contributed by atoms with Crippen LogP contribution < -0.4 is 10.2 Å². The van der Waals surface area contributed by atoms with E-state index in [4.69, 9.17) is 0 Å². The minimum atomic E-state index is -0.645. The van der Waals surface area contributed by atoms with Crippen LogP contribution in [0.5, 0.6) is 0 Å². The minimum Gasteiger partial charge on any atom is -0.341 e. The summed E-state index contributed by atoms with van der Waals surface area (Å²) in [5.41, 5.74) is 0.968. The van der Waals surface area contributed by atoms with Gasteiger partial charge in [0.15, 0.2) is 5.65 Å². The van der Waals surface area contributed by atoms with Gasteiger partial charge in [-0.05, 0) is 25.0 Å². The highest BCUT2D eigenvalue weighted by Gasteiger charge is 2.19. The van der Waals surface area contributed by atoms with Crippen molar-refractivity contribution in [3.8, 4) is 0 Å². The van der Waals surface area contributed by atoms with Gasteiger partial charge >= 0.3 is 0 Å². The van der Waals surface area contributed by atoms with Gasteiger partial charge in [0.1, 0.15) is 17.5 Å². The second-order valence-corrected chi connectivity index (χ2v) is 5.85. The molecule has 0 unspecified atom stereocenters. The molecule has 8 heteroatoms. The van der Waals surface area contributed by atoms with Gasteiger partial charge in [-0.25, -0.2) is 8.78 Å². The Balaban J connectivity index is 1.80. The highest BCUT2D eigenvalue weighted by Crippen LogP contribution is 2.28. The van der Waals surface area contributed by atoms with E-state index in [2.05, 4.69) is 25.3 Å². The van der Waals surface area contributed by atoms with Crippen LogP contribution in [0.1, 0.15) is 12.8 Å². The Morgan fingerprint density at radius 3 is 2.46 bits per heavy atom. The summed E-state index contributed by atoms with van der Waals surface area (Å²) in [4.78, 5) is 11.2. The average Bonchev–Trinajstić information content (AvgIpc) is 3.17. The zero-order chi connectivity index (χ0) is 16.7. The summed E-state index contributed by atoms with van der Waals surface area (Å²) in [6.45, 7) is 1.80. The lowest BCUT2D eigenvalue weighted by atomic mass is 10.3. The van der Waals surface area contributed by atoms with Gasteiger partial charge in [0, 0.05) is 31.9 Å². The van der Waals surface area contributed by atoms with Crippen molar-refractivity contribution in [3.05, 3.63) is 36.0 Å². The Morgan fingerprint density at radius 2 is 1.75 bits per heavy atom. The monoisotopic (exact) mass is 330 g/mol. The Morgan fingerprint density at radius 1 is 1.04 bits per heavy atom. The normalized spacial score (nSPS) is 14.5. The molecule has 6 nitrogen and oxygen atoms in total. The summed E-state index contributed by atoms with van der Waals surface area (Å²) in [5, 5.41) is 7.90. The van der Waals surface area contributed by atoms with Gasteiger partial charge in [0.2, 0.25) is 5.95 Å². The summed E-state index contributed by atoms with van der Waals surface area (Å²) in [6, 6.07) is 3.28. The van der Waals surface area contributed by atoms with E-state index in [1.807, 2.05) is 0 Å². The van der Waals surface area contributed by atoms with Gasteiger partial charge in [-0.15, -0.1) is 0 Å². The summed E-state index contributed by atoms with van der Waals surface area (Å²) in [6.07, 6.45) is 3.84. The minimum absolute atomic E-state index is 0.295. The lowest BCUT2D eigenvalue weighted by Gasteiger charge is -2.17. The number of rotatable bonds is 3. The Labute approximate surface area is 137 Å². The fourth-order valence-corrected chi connectivity index (χ4v) is 2.93. The number of aryl methyl sites for hydroxylation is 1. The molecular formula is C16H16F2N6. The zero-order valence-electron chi connectivity index (χ0n) is 13.1. The van der Waals surface area contributed by atoms with Gasteiger partial charge < -0.3 is 10.2 Å². The quantitative estimate of drug-likeness (QED) is 0.800. The van der Waals surface area contributed by atoms with Crippen molar-refractivity contribution >= 4 is 28.5 Å². The van der Waals surface area contributed by atoms with E-state index in [0.717, 1.165) is 32.0 Å². The predicted octanol–water partition coefficient (Wildman–Crippen LogP) is 2.99. The van der Waals surface area contributed by atoms with Crippen LogP contribution in [0, 0.1) is 11.6 Å². The first-order valence-electron chi connectivity index (χ1n) is 7.78. The number of aromatic nitrogens is 4. The van der Waals surface area contributed by atoms with Crippen molar-refractivity contribution in [3.63, 3.8) is 0 Å². The molecule has 0 radical (unpaired) electrons. The maximum Gasteiger partial charge on any atom is 0.229 e. The van der Waals surface area contributed by atoms with Crippen molar-refractivity contribution in [2.75, 3.05) is 23.3 Å². The van der Waals surface area contributed by atoms with Crippen LogP contribution in [0.15, 0.2) is 24.4 Å². The number of anilines is 3. The summed E-state index contributed by atoms with van der Waals surface area (Å²) in [7, 11) is 1.80. The second kappa shape index (κ2) is 5.70. The van der Waals surface area contributed by atoms with Crippen LogP contribution in [-0.4, -0.2) is 32.8 Å². The van der Waals surface area contributed by atoms with Crippen molar-refractivity contribution in [2.24, 2.45) is 7.05 Å². The third kappa shape index (κ3) is 2.64. The van der Waals surface area contributed by atoms with E-state index in [0.29, 0.717) is 28.5 Å². The topological polar surface area (TPSA) is 58.9 Å². The van der Waals surface area contributed by atoms with E-state index < -0.39 is 11.6 Å². The summed E-state index contributed by atoms with van der Waals surface area (Å²) >= 11 is 0. The third-order valence-corrected chi connectivity index (χ3v) is 4.09. The molecule has 0 spiro atoms. The molecule has 1 aliphatic heterocycles. The molecule has 24 heavy (non-hydrogen) atoms. The second-order valence-electron chi connectivity index (χ2n) is 5.85. The first kappa shape index (κ1) is 14.8. The number of benzene rings is 1. The van der Waals surface area contributed by atoms with Crippen LogP contribution in [0.25, 0.3) is 11.0 Å². The van der Waals surface area contributed by atoms with Crippen LogP contribution >= 0.6 is 0 Å². The molecular weight excluding hydrogens is 314 g/mol. The van der Waals surface area contributed by atoms with Crippen LogP contribution in [0.4, 0.5) is 26.2 Å². The first-order chi connectivity index (χ1) is 11.6. The molecule has 1 N–H and O–H groups in total. The van der Waals surface area contributed by atoms with Gasteiger partial charge in [-0.3, -0.25) is 4.68 Å². The number of nitrogens with zero attached hydrogens (tertiary/aromatic N) is 5. The molecule has 1 saturated heterocycles. The van der Waals surface area contributed by atoms with E-state index in [1.54, 1.807) is 17.9 Å². The summed E-state index contributed by atoms with van der Waals surface area (Å²) in [5.74, 6) is -0.203. The molecule has 3 heterocycles. The van der Waals surface area contributed by atoms with E-state index >= 15 is 0 Å². The fourth-order valence-electron chi connectivity index (χ4n) is 2.93. The molecule has 0 amide bonds. The van der Waals surface area contributed by atoms with Crippen molar-refractivity contribution in [1.82, 2.24) is 19.7 Å². The lowest BCUT2D eigenvalue weighted by Crippen LogP contribution is -2.21. The Bertz CT molecular complexity index is 881. The number of fused-ring (bicyclic) bond motifs is 1. The maximum atomic E-state index is 13.4. The Hall–Kier alpha value is -2.77. The smallest absolute Gasteiger partial charge is 0.229 e. The molecule has 0 aliphatic carbocycles. The van der Waals surface area contributed by atoms with E-state index in [9.17, 15) is 8.78 Å². The Kier molecular flexibility index (Phi) is 3.51. The zero-order valence-corrected chi connectivity index (χ0v) is 13.1. The molecule has 0 saturated carbocycles. The lowest BCUT2D eigenvalue weighted by molar-refractivity contribution is 0.584. The van der Waals surface area contributed by atoms with Gasteiger partial charge in [0.25, 0.3) is 0 Å². The predicted molar refractivity (Wildman–Crippen MR) is 87.4 cm³/mol. The number of nitrogens with one attached hydrogen (secondary N) is 1. The molecule has 3 aromatic rings. The maximum absolute atomic E-state index is 13.4. The highest BCUT2D eigenvalue weighted by atomic mass is 19.1. The molecule has 2 aromatic heterocycles. The molecule has 4 rings (SSSR count). The van der Waals surface area contributed by atoms with Crippen LogP contribution in [0.2, 0.25) is 0 Å². The van der Waals surface area contributed by atoms with Crippen molar-refractivity contribution in [1.29, 1.82) is 0 Å². The van der Waals surface area contributed by atoms with Crippen LogP contribution in [-0.2, 0) is 7.05 Å². The standard InChI is InChI=1S/C16H16F2N6/c1-23-15-13(9-19-23)14(20-12-7-10(17)6-11(18)8-12)21-16(22-15)24-4-2-3-5-24/h6-9H,2-5H2,1H3,(H,20,21,22). The number of hydrogen-bond donors (Lipinski definition) is 1. The van der Waals surface area contributed by atoms with Gasteiger partial charge in [-0.1, -0.05) is 0 Å². The third-order valence-electron chi connectivity index (χ3n) is 4.09. The molecule has 124 valence electrons. The van der Waals surface area contributed by atoms with Crippen molar-refractivity contribution < 1.29 is 8.78 Å². The van der Waals surface area contributed by atoms with Gasteiger partial charge in [-0.2, -0.15) is 15.1 Å². The number of halogens is 2. The SMILES string of the molecule is Cn1ncc2c(Nc3cc(F)cc(F)c3)nc(N3CCCC3)nc21. The van der Waals surface area contributed by atoms with Crippen LogP contribution in [0.3, 0.4) is 0 Å². The largest absolute Gasteiger partial charge is 0.341 e. The molecule has 1 fully saturated rings. The molecule has 0 atom stereocenters. The molecule has 0 bridgehead atoms. The van der Waals surface area contributed by atoms with Gasteiger partial charge in [0.05, 0.1) is 11.6 Å². The average molecular weight is 330 g/mol. The van der Waals surface area contributed by atoms with Crippen molar-refractivity contribution in [2.45, 2.75) is 12.8 Å². The fraction of sp³-hybridized carbons (Fsp3) is 0.312. The first-order valence-corrected chi connectivity index (χ1v) is 7.78. The number of hydrogen-bond acceptors (Lipinski definition) is 5. The molecule has 1 aromatic carbocycles.